The van der Waals surface area contributed by atoms with E-state index >= 15 is 0 Å². The van der Waals surface area contributed by atoms with Gasteiger partial charge in [0.25, 0.3) is 5.69 Å². The molecule has 0 fully saturated rings. The molecule has 0 saturated heterocycles. The molecule has 0 atom stereocenters. The summed E-state index contributed by atoms with van der Waals surface area (Å²) in [7, 11) is 0. The zero-order valence-electron chi connectivity index (χ0n) is 11.1. The third-order valence-corrected chi connectivity index (χ3v) is 3.63. The number of esters is 1. The molecular weight excluding hydrogens is 294 g/mol. The first-order valence-electron chi connectivity index (χ1n) is 5.98. The summed E-state index contributed by atoms with van der Waals surface area (Å²) < 4.78 is 4.89. The molecule has 0 aliphatic rings. The molecule has 1 heterocycles. The van der Waals surface area contributed by atoms with Gasteiger partial charge in [0.1, 0.15) is 4.88 Å². The third kappa shape index (κ3) is 3.51. The topological polar surface area (TPSA) is 86.5 Å². The van der Waals surface area contributed by atoms with Crippen LogP contribution in [0, 0.1) is 17.0 Å². The number of rotatable bonds is 5. The number of nitro benzene ring substituents is 1. The monoisotopic (exact) mass is 305 g/mol. The molecule has 1 aromatic heterocycles. The molecule has 0 aliphatic carbocycles. The van der Waals surface area contributed by atoms with Crippen LogP contribution in [0.5, 0.6) is 0 Å². The molecule has 0 aliphatic heterocycles. The summed E-state index contributed by atoms with van der Waals surface area (Å²) in [4.78, 5) is 34.2. The molecule has 6 nitrogen and oxygen atoms in total. The highest BCUT2D eigenvalue weighted by Crippen LogP contribution is 2.19. The molecule has 1 aromatic carbocycles. The fourth-order valence-corrected chi connectivity index (χ4v) is 2.28. The lowest BCUT2D eigenvalue weighted by atomic mass is 10.1. The number of benzene rings is 1. The van der Waals surface area contributed by atoms with Gasteiger partial charge in [-0.2, -0.15) is 0 Å². The van der Waals surface area contributed by atoms with Crippen LogP contribution in [-0.2, 0) is 4.74 Å². The number of nitrogens with zero attached hydrogens (tertiary/aromatic N) is 1. The number of carbonyl (C=O) groups is 2. The van der Waals surface area contributed by atoms with Crippen LogP contribution in [0.2, 0.25) is 0 Å². The predicted molar refractivity (Wildman–Crippen MR) is 76.8 cm³/mol. The number of ether oxygens (including phenoxy) is 1. The third-order valence-electron chi connectivity index (χ3n) is 2.78. The maximum absolute atomic E-state index is 11.9. The van der Waals surface area contributed by atoms with E-state index in [1.165, 1.54) is 29.5 Å². The van der Waals surface area contributed by atoms with E-state index in [2.05, 4.69) is 0 Å². The molecule has 108 valence electrons. The average Bonchev–Trinajstić information content (AvgIpc) is 2.98. The van der Waals surface area contributed by atoms with Gasteiger partial charge in [0.15, 0.2) is 6.61 Å². The molecule has 0 saturated carbocycles. The Kier molecular flexibility index (Phi) is 4.44. The fourth-order valence-electron chi connectivity index (χ4n) is 1.66. The molecule has 0 unspecified atom stereocenters. The van der Waals surface area contributed by atoms with Crippen molar-refractivity contribution in [1.82, 2.24) is 0 Å². The Morgan fingerprint density at radius 3 is 2.71 bits per heavy atom. The lowest BCUT2D eigenvalue weighted by Crippen LogP contribution is -2.13. The molecule has 0 bridgehead atoms. The lowest BCUT2D eigenvalue weighted by Gasteiger charge is -2.04. The van der Waals surface area contributed by atoms with Crippen LogP contribution in [0.3, 0.4) is 0 Å². The predicted octanol–water partition coefficient (Wildman–Crippen LogP) is 3.00. The minimum Gasteiger partial charge on any atom is -0.453 e. The zero-order chi connectivity index (χ0) is 15.4. The Morgan fingerprint density at radius 2 is 2.10 bits per heavy atom. The maximum Gasteiger partial charge on any atom is 0.348 e. The van der Waals surface area contributed by atoms with Crippen molar-refractivity contribution < 1.29 is 19.2 Å². The number of ketones is 1. The summed E-state index contributed by atoms with van der Waals surface area (Å²) in [5.41, 5.74) is 0.476. The molecule has 2 aromatic rings. The van der Waals surface area contributed by atoms with E-state index in [9.17, 15) is 19.7 Å². The lowest BCUT2D eigenvalue weighted by molar-refractivity contribution is -0.385. The number of aryl methyl sites for hydroxylation is 1. The highest BCUT2D eigenvalue weighted by atomic mass is 32.1. The second kappa shape index (κ2) is 6.27. The highest BCUT2D eigenvalue weighted by molar-refractivity contribution is 7.11. The van der Waals surface area contributed by atoms with Crippen molar-refractivity contribution in [2.45, 2.75) is 6.92 Å². The van der Waals surface area contributed by atoms with Crippen LogP contribution in [0.25, 0.3) is 0 Å². The fraction of sp³-hybridized carbons (Fsp3) is 0.143. The quantitative estimate of drug-likeness (QED) is 0.367. The minimum absolute atomic E-state index is 0.134. The van der Waals surface area contributed by atoms with Crippen molar-refractivity contribution in [1.29, 1.82) is 0 Å². The normalized spacial score (nSPS) is 10.1. The Bertz CT molecular complexity index is 693. The zero-order valence-corrected chi connectivity index (χ0v) is 11.9. The van der Waals surface area contributed by atoms with Gasteiger partial charge >= 0.3 is 5.97 Å². The van der Waals surface area contributed by atoms with Gasteiger partial charge in [-0.15, -0.1) is 11.3 Å². The van der Waals surface area contributed by atoms with Gasteiger partial charge in [-0.05, 0) is 18.4 Å². The van der Waals surface area contributed by atoms with E-state index in [4.69, 9.17) is 4.74 Å². The molecule has 2 rings (SSSR count). The van der Waals surface area contributed by atoms with E-state index in [0.717, 1.165) is 0 Å². The maximum atomic E-state index is 11.9. The molecule has 0 N–H and O–H groups in total. The summed E-state index contributed by atoms with van der Waals surface area (Å²) in [5, 5.41) is 12.6. The van der Waals surface area contributed by atoms with Crippen LogP contribution < -0.4 is 0 Å². The molecule has 7 heteroatoms. The number of nitro groups is 1. The van der Waals surface area contributed by atoms with Crippen LogP contribution in [-0.4, -0.2) is 23.3 Å². The first kappa shape index (κ1) is 14.9. The number of hydrogen-bond acceptors (Lipinski definition) is 6. The standard InChI is InChI=1S/C14H11NO5S/c1-9-4-5-10(7-11(9)15(18)19)12(16)8-20-14(17)13-3-2-6-21-13/h2-7H,8H2,1H3. The Hall–Kier alpha value is -2.54. The second-order valence-electron chi connectivity index (χ2n) is 4.23. The number of thiophene rings is 1. The van der Waals surface area contributed by atoms with Crippen molar-refractivity contribution in [3.8, 4) is 0 Å². The molecule has 0 spiro atoms. The molecular formula is C14H11NO5S. The van der Waals surface area contributed by atoms with Crippen LogP contribution in [0.15, 0.2) is 35.7 Å². The van der Waals surface area contributed by atoms with Crippen molar-refractivity contribution in [2.24, 2.45) is 0 Å². The molecule has 0 radical (unpaired) electrons. The van der Waals surface area contributed by atoms with Crippen LogP contribution in [0.1, 0.15) is 25.6 Å². The van der Waals surface area contributed by atoms with Crippen molar-refractivity contribution in [3.05, 3.63) is 61.8 Å². The molecule has 21 heavy (non-hydrogen) atoms. The smallest absolute Gasteiger partial charge is 0.348 e. The van der Waals surface area contributed by atoms with E-state index in [0.29, 0.717) is 10.4 Å². The van der Waals surface area contributed by atoms with Gasteiger partial charge in [0.05, 0.1) is 4.92 Å². The first-order chi connectivity index (χ1) is 9.99. The van der Waals surface area contributed by atoms with Crippen LogP contribution >= 0.6 is 11.3 Å². The summed E-state index contributed by atoms with van der Waals surface area (Å²) in [6, 6.07) is 7.45. The summed E-state index contributed by atoms with van der Waals surface area (Å²) >= 11 is 1.21. The minimum atomic E-state index is -0.583. The van der Waals surface area contributed by atoms with Gasteiger partial charge in [-0.1, -0.05) is 18.2 Å². The van der Waals surface area contributed by atoms with Crippen molar-refractivity contribution in [2.75, 3.05) is 6.61 Å². The highest BCUT2D eigenvalue weighted by Gasteiger charge is 2.17. The first-order valence-corrected chi connectivity index (χ1v) is 6.86. The van der Waals surface area contributed by atoms with Gasteiger partial charge < -0.3 is 4.74 Å². The second-order valence-corrected chi connectivity index (χ2v) is 5.18. The Morgan fingerprint density at radius 1 is 1.33 bits per heavy atom. The summed E-state index contributed by atoms with van der Waals surface area (Å²) in [5.74, 6) is -1.07. The van der Waals surface area contributed by atoms with Gasteiger partial charge in [0.2, 0.25) is 5.78 Å². The number of hydrogen-bond donors (Lipinski definition) is 0. The largest absolute Gasteiger partial charge is 0.453 e. The Labute approximate surface area is 124 Å². The van der Waals surface area contributed by atoms with Gasteiger partial charge in [-0.25, -0.2) is 4.79 Å². The average molecular weight is 305 g/mol. The SMILES string of the molecule is Cc1ccc(C(=O)COC(=O)c2cccs2)cc1[N+](=O)[O-]. The number of carbonyl (C=O) groups excluding carboxylic acids is 2. The van der Waals surface area contributed by atoms with Crippen molar-refractivity contribution in [3.63, 3.8) is 0 Å². The van der Waals surface area contributed by atoms with E-state index in [1.54, 1.807) is 24.4 Å². The van der Waals surface area contributed by atoms with Gasteiger partial charge in [0, 0.05) is 17.2 Å². The summed E-state index contributed by atoms with van der Waals surface area (Å²) in [6.07, 6.45) is 0. The van der Waals surface area contributed by atoms with Crippen LogP contribution in [0.4, 0.5) is 5.69 Å². The van der Waals surface area contributed by atoms with E-state index in [-0.39, 0.29) is 11.3 Å². The van der Waals surface area contributed by atoms with Crippen molar-refractivity contribution >= 4 is 28.8 Å². The van der Waals surface area contributed by atoms with E-state index < -0.39 is 23.3 Å². The molecule has 0 amide bonds. The summed E-state index contributed by atoms with van der Waals surface area (Å²) in [6.45, 7) is 1.14. The van der Waals surface area contributed by atoms with E-state index in [1.807, 2.05) is 0 Å². The number of Topliss-reactive ketones (excluding diaryl/α,β-unsaturated/α-hetero) is 1. The Balaban J connectivity index is 2.05. The van der Waals surface area contributed by atoms with Gasteiger partial charge in [-0.3, -0.25) is 14.9 Å².